The summed E-state index contributed by atoms with van der Waals surface area (Å²) in [6.07, 6.45) is 0.718. The Hall–Kier alpha value is -3.92. The standard InChI is InChI=1S/C28H32FN3O5S/c1-4-17-30-28(34)21(2)31(19-22-9-8-10-25(18-22)37-3)27(33)20-32(24-15-13-23(29)14-16-24)38(35,36)26-11-6-5-7-12-26/h5-16,18,21H,4,17,19-20H2,1-3H3,(H,30,34). The molecular formula is C28H32FN3O5S. The Kier molecular flexibility index (Phi) is 9.84. The molecule has 0 heterocycles. The molecule has 0 aromatic heterocycles. The lowest BCUT2D eigenvalue weighted by Crippen LogP contribution is -2.51. The second kappa shape index (κ2) is 13.0. The zero-order valence-electron chi connectivity index (χ0n) is 21.6. The first kappa shape index (κ1) is 28.6. The summed E-state index contributed by atoms with van der Waals surface area (Å²) in [7, 11) is -2.67. The number of carbonyl (C=O) groups excluding carboxylic acids is 2. The van der Waals surface area contributed by atoms with E-state index in [2.05, 4.69) is 5.32 Å². The topological polar surface area (TPSA) is 96.0 Å². The summed E-state index contributed by atoms with van der Waals surface area (Å²) in [6, 6.07) is 18.7. The summed E-state index contributed by atoms with van der Waals surface area (Å²) < 4.78 is 47.1. The zero-order chi connectivity index (χ0) is 27.7. The van der Waals surface area contributed by atoms with E-state index in [1.165, 1.54) is 36.3 Å². The van der Waals surface area contributed by atoms with Crippen LogP contribution in [0.5, 0.6) is 5.75 Å². The lowest BCUT2D eigenvalue weighted by atomic mass is 10.1. The molecule has 0 saturated carbocycles. The Morgan fingerprint density at radius 2 is 1.68 bits per heavy atom. The van der Waals surface area contributed by atoms with E-state index in [4.69, 9.17) is 4.74 Å². The molecule has 1 N–H and O–H groups in total. The third-order valence-electron chi connectivity index (χ3n) is 5.93. The predicted molar refractivity (Wildman–Crippen MR) is 144 cm³/mol. The molecule has 0 aliphatic carbocycles. The first-order chi connectivity index (χ1) is 18.2. The Balaban J connectivity index is 2.00. The van der Waals surface area contributed by atoms with Crippen LogP contribution >= 0.6 is 0 Å². The number of methoxy groups -OCH3 is 1. The third-order valence-corrected chi connectivity index (χ3v) is 7.72. The fourth-order valence-electron chi connectivity index (χ4n) is 3.80. The molecule has 38 heavy (non-hydrogen) atoms. The van der Waals surface area contributed by atoms with E-state index in [1.54, 1.807) is 49.4 Å². The molecule has 3 aromatic carbocycles. The van der Waals surface area contributed by atoms with Crippen molar-refractivity contribution < 1.29 is 27.1 Å². The number of ether oxygens (including phenoxy) is 1. The predicted octanol–water partition coefficient (Wildman–Crippen LogP) is 3.97. The van der Waals surface area contributed by atoms with E-state index in [1.807, 2.05) is 6.92 Å². The Morgan fingerprint density at radius 3 is 2.32 bits per heavy atom. The molecule has 0 saturated heterocycles. The van der Waals surface area contributed by atoms with Gasteiger partial charge in [-0.1, -0.05) is 37.3 Å². The van der Waals surface area contributed by atoms with Crippen molar-refractivity contribution in [2.75, 3.05) is 24.5 Å². The van der Waals surface area contributed by atoms with Crippen molar-refractivity contribution in [1.82, 2.24) is 10.2 Å². The van der Waals surface area contributed by atoms with Gasteiger partial charge in [-0.2, -0.15) is 0 Å². The van der Waals surface area contributed by atoms with Gasteiger partial charge >= 0.3 is 0 Å². The third kappa shape index (κ3) is 7.10. The molecule has 1 atom stereocenters. The molecule has 0 spiro atoms. The van der Waals surface area contributed by atoms with Gasteiger partial charge in [0, 0.05) is 13.1 Å². The van der Waals surface area contributed by atoms with Crippen LogP contribution in [-0.2, 0) is 26.2 Å². The summed E-state index contributed by atoms with van der Waals surface area (Å²) in [4.78, 5) is 28.0. The summed E-state index contributed by atoms with van der Waals surface area (Å²) in [5.74, 6) is -0.922. The average molecular weight is 542 g/mol. The SMILES string of the molecule is CCCNC(=O)C(C)N(Cc1cccc(OC)c1)C(=O)CN(c1ccc(F)cc1)S(=O)(=O)c1ccccc1. The van der Waals surface area contributed by atoms with Crippen molar-refractivity contribution in [3.63, 3.8) is 0 Å². The summed E-state index contributed by atoms with van der Waals surface area (Å²) in [6.45, 7) is 3.39. The van der Waals surface area contributed by atoms with Gasteiger partial charge in [-0.05, 0) is 67.4 Å². The van der Waals surface area contributed by atoms with Crippen molar-refractivity contribution in [3.05, 3.63) is 90.2 Å². The average Bonchev–Trinajstić information content (AvgIpc) is 2.93. The van der Waals surface area contributed by atoms with Crippen LogP contribution < -0.4 is 14.4 Å². The maximum Gasteiger partial charge on any atom is 0.264 e. The van der Waals surface area contributed by atoms with Crippen molar-refractivity contribution in [2.45, 2.75) is 37.8 Å². The van der Waals surface area contributed by atoms with Gasteiger partial charge in [-0.15, -0.1) is 0 Å². The summed E-state index contributed by atoms with van der Waals surface area (Å²) in [5.41, 5.74) is 0.820. The molecule has 3 rings (SSSR count). The van der Waals surface area contributed by atoms with Crippen LogP contribution in [0.1, 0.15) is 25.8 Å². The molecule has 0 fully saturated rings. The lowest BCUT2D eigenvalue weighted by Gasteiger charge is -2.32. The largest absolute Gasteiger partial charge is 0.497 e. The number of hydrogen-bond donors (Lipinski definition) is 1. The Bertz CT molecular complexity index is 1330. The van der Waals surface area contributed by atoms with Gasteiger partial charge in [0.05, 0.1) is 17.7 Å². The molecule has 8 nitrogen and oxygen atoms in total. The Labute approximate surface area is 223 Å². The molecule has 0 bridgehead atoms. The van der Waals surface area contributed by atoms with Gasteiger partial charge in [-0.3, -0.25) is 13.9 Å². The van der Waals surface area contributed by atoms with Crippen LogP contribution in [-0.4, -0.2) is 51.4 Å². The second-order valence-corrected chi connectivity index (χ2v) is 10.5. The quantitative estimate of drug-likeness (QED) is 0.374. The molecule has 0 aliphatic heterocycles. The maximum atomic E-state index is 13.8. The fraction of sp³-hybridized carbons (Fsp3) is 0.286. The van der Waals surface area contributed by atoms with E-state index in [0.717, 1.165) is 22.9 Å². The van der Waals surface area contributed by atoms with Gasteiger partial charge in [0.2, 0.25) is 11.8 Å². The number of hydrogen-bond acceptors (Lipinski definition) is 5. The number of amides is 2. The van der Waals surface area contributed by atoms with Gasteiger partial charge in [0.1, 0.15) is 24.2 Å². The lowest BCUT2D eigenvalue weighted by molar-refractivity contribution is -0.139. The Morgan fingerprint density at radius 1 is 1.00 bits per heavy atom. The van der Waals surface area contributed by atoms with Crippen LogP contribution in [0.4, 0.5) is 10.1 Å². The fourth-order valence-corrected chi connectivity index (χ4v) is 5.24. The van der Waals surface area contributed by atoms with E-state index in [-0.39, 0.29) is 23.0 Å². The highest BCUT2D eigenvalue weighted by molar-refractivity contribution is 7.92. The number of anilines is 1. The van der Waals surface area contributed by atoms with Crippen molar-refractivity contribution in [1.29, 1.82) is 0 Å². The van der Waals surface area contributed by atoms with Gasteiger partial charge < -0.3 is 15.0 Å². The first-order valence-corrected chi connectivity index (χ1v) is 13.6. The van der Waals surface area contributed by atoms with Crippen molar-refractivity contribution in [2.24, 2.45) is 0 Å². The zero-order valence-corrected chi connectivity index (χ0v) is 22.4. The molecule has 3 aromatic rings. The van der Waals surface area contributed by atoms with E-state index in [9.17, 15) is 22.4 Å². The molecule has 0 radical (unpaired) electrons. The van der Waals surface area contributed by atoms with Gasteiger partial charge in [0.15, 0.2) is 0 Å². The first-order valence-electron chi connectivity index (χ1n) is 12.2. The van der Waals surface area contributed by atoms with Crippen molar-refractivity contribution in [3.8, 4) is 5.75 Å². The number of nitrogens with one attached hydrogen (secondary N) is 1. The number of carbonyl (C=O) groups is 2. The van der Waals surface area contributed by atoms with Crippen LogP contribution in [0.3, 0.4) is 0 Å². The maximum absolute atomic E-state index is 13.8. The molecule has 1 unspecified atom stereocenters. The normalized spacial score (nSPS) is 11.9. The highest BCUT2D eigenvalue weighted by atomic mass is 32.2. The van der Waals surface area contributed by atoms with Gasteiger partial charge in [0.25, 0.3) is 10.0 Å². The van der Waals surface area contributed by atoms with Crippen molar-refractivity contribution >= 4 is 27.5 Å². The smallest absolute Gasteiger partial charge is 0.264 e. The molecule has 202 valence electrons. The van der Waals surface area contributed by atoms with E-state index in [0.29, 0.717) is 17.9 Å². The summed E-state index contributed by atoms with van der Waals surface area (Å²) in [5, 5.41) is 2.79. The van der Waals surface area contributed by atoms with E-state index < -0.39 is 34.3 Å². The highest BCUT2D eigenvalue weighted by Crippen LogP contribution is 2.25. The van der Waals surface area contributed by atoms with Crippen LogP contribution in [0, 0.1) is 5.82 Å². The summed E-state index contributed by atoms with van der Waals surface area (Å²) >= 11 is 0. The number of benzene rings is 3. The highest BCUT2D eigenvalue weighted by Gasteiger charge is 2.32. The minimum Gasteiger partial charge on any atom is -0.497 e. The molecule has 10 heteroatoms. The second-order valence-electron chi connectivity index (χ2n) is 8.64. The van der Waals surface area contributed by atoms with Gasteiger partial charge in [-0.25, -0.2) is 12.8 Å². The van der Waals surface area contributed by atoms with E-state index >= 15 is 0 Å². The monoisotopic (exact) mass is 541 g/mol. The van der Waals surface area contributed by atoms with Crippen LogP contribution in [0.25, 0.3) is 0 Å². The van der Waals surface area contributed by atoms with Crippen LogP contribution in [0.2, 0.25) is 0 Å². The number of rotatable bonds is 12. The molecule has 0 aliphatic rings. The molecular weight excluding hydrogens is 509 g/mol. The minimum absolute atomic E-state index is 0.0230. The van der Waals surface area contributed by atoms with Crippen LogP contribution in [0.15, 0.2) is 83.8 Å². The number of nitrogens with zero attached hydrogens (tertiary/aromatic N) is 2. The number of halogens is 1. The molecule has 2 amide bonds. The minimum atomic E-state index is -4.20. The number of sulfonamides is 1.